The van der Waals surface area contributed by atoms with Crippen molar-refractivity contribution in [1.29, 1.82) is 0 Å². The third-order valence-electron chi connectivity index (χ3n) is 1.93. The molecule has 5 nitrogen and oxygen atoms in total. The first-order valence-corrected chi connectivity index (χ1v) is 4.51. The van der Waals surface area contributed by atoms with Gasteiger partial charge in [0.2, 0.25) is 5.91 Å². The molecule has 1 rings (SSSR count). The van der Waals surface area contributed by atoms with Crippen LogP contribution in [0, 0.1) is 0 Å². The topological polar surface area (TPSA) is 67.0 Å². The van der Waals surface area contributed by atoms with E-state index in [9.17, 15) is 4.79 Å². The molecule has 14 heavy (non-hydrogen) atoms. The van der Waals surface area contributed by atoms with E-state index in [1.54, 1.807) is 19.5 Å². The van der Waals surface area contributed by atoms with Crippen LogP contribution in [0.15, 0.2) is 12.4 Å². The normalized spacial score (nSPS) is 12.4. The molecule has 1 amide bonds. The van der Waals surface area contributed by atoms with Gasteiger partial charge in [0.05, 0.1) is 18.8 Å². The van der Waals surface area contributed by atoms with Crippen LogP contribution in [0.25, 0.3) is 0 Å². The van der Waals surface area contributed by atoms with Crippen molar-refractivity contribution in [2.45, 2.75) is 19.4 Å². The lowest BCUT2D eigenvalue weighted by atomic mass is 10.2. The minimum Gasteiger partial charge on any atom is -0.384 e. The average Bonchev–Trinajstić information content (AvgIpc) is 2.67. The van der Waals surface area contributed by atoms with Gasteiger partial charge in [0, 0.05) is 25.3 Å². The highest BCUT2D eigenvalue weighted by atomic mass is 16.5. The quantitative estimate of drug-likeness (QED) is 0.727. The molecule has 1 atom stereocenters. The Morgan fingerprint density at radius 1 is 1.79 bits per heavy atom. The minimum atomic E-state index is -0.0156. The molecule has 0 radical (unpaired) electrons. The first-order chi connectivity index (χ1) is 6.74. The number of hydrogen-bond donors (Lipinski definition) is 2. The van der Waals surface area contributed by atoms with Crippen LogP contribution >= 0.6 is 0 Å². The summed E-state index contributed by atoms with van der Waals surface area (Å²) in [6.07, 6.45) is 3.85. The first kappa shape index (κ1) is 10.7. The summed E-state index contributed by atoms with van der Waals surface area (Å²) in [7, 11) is 1.58. The smallest absolute Gasteiger partial charge is 0.222 e. The van der Waals surface area contributed by atoms with E-state index in [4.69, 9.17) is 4.74 Å². The molecular weight excluding hydrogens is 182 g/mol. The number of ether oxygens (including phenoxy) is 1. The summed E-state index contributed by atoms with van der Waals surface area (Å²) < 4.78 is 4.81. The van der Waals surface area contributed by atoms with Crippen molar-refractivity contribution in [2.75, 3.05) is 13.7 Å². The molecule has 2 N–H and O–H groups in total. The lowest BCUT2D eigenvalue weighted by Crippen LogP contribution is -2.27. The van der Waals surface area contributed by atoms with Crippen LogP contribution in [0.4, 0.5) is 0 Å². The SMILES string of the molecule is COCCC(=O)NC(C)c1cn[nH]c1. The molecule has 0 saturated heterocycles. The maximum absolute atomic E-state index is 11.3. The Kier molecular flexibility index (Phi) is 4.12. The average molecular weight is 197 g/mol. The molecule has 1 aromatic rings. The van der Waals surface area contributed by atoms with Crippen molar-refractivity contribution >= 4 is 5.91 Å². The molecular formula is C9H15N3O2. The number of hydrogen-bond acceptors (Lipinski definition) is 3. The number of aromatic nitrogens is 2. The fourth-order valence-electron chi connectivity index (χ4n) is 1.09. The number of rotatable bonds is 5. The van der Waals surface area contributed by atoms with Gasteiger partial charge in [-0.25, -0.2) is 0 Å². The van der Waals surface area contributed by atoms with Gasteiger partial charge in [-0.2, -0.15) is 5.10 Å². The van der Waals surface area contributed by atoms with E-state index in [-0.39, 0.29) is 11.9 Å². The van der Waals surface area contributed by atoms with Crippen molar-refractivity contribution in [2.24, 2.45) is 0 Å². The lowest BCUT2D eigenvalue weighted by molar-refractivity contribution is -0.122. The molecule has 1 aromatic heterocycles. The predicted molar refractivity (Wildman–Crippen MR) is 51.6 cm³/mol. The van der Waals surface area contributed by atoms with Gasteiger partial charge in [0.25, 0.3) is 0 Å². The molecule has 0 aromatic carbocycles. The monoisotopic (exact) mass is 197 g/mol. The van der Waals surface area contributed by atoms with Gasteiger partial charge in [-0.15, -0.1) is 0 Å². The van der Waals surface area contributed by atoms with Crippen LogP contribution in [-0.4, -0.2) is 29.8 Å². The number of carbonyl (C=O) groups is 1. The molecule has 0 saturated carbocycles. The number of H-pyrrole nitrogens is 1. The Labute approximate surface area is 82.8 Å². The highest BCUT2D eigenvalue weighted by Crippen LogP contribution is 2.08. The summed E-state index contributed by atoms with van der Waals surface area (Å²) >= 11 is 0. The fourth-order valence-corrected chi connectivity index (χ4v) is 1.09. The molecule has 0 bridgehead atoms. The van der Waals surface area contributed by atoms with Gasteiger partial charge in [0.15, 0.2) is 0 Å². The van der Waals surface area contributed by atoms with E-state index in [0.717, 1.165) is 5.56 Å². The predicted octanol–water partition coefficient (Wildman–Crippen LogP) is 0.623. The second-order valence-corrected chi connectivity index (χ2v) is 3.06. The van der Waals surface area contributed by atoms with Gasteiger partial charge in [0.1, 0.15) is 0 Å². The first-order valence-electron chi connectivity index (χ1n) is 4.51. The largest absolute Gasteiger partial charge is 0.384 e. The standard InChI is InChI=1S/C9H15N3O2/c1-7(8-5-10-11-6-8)12-9(13)3-4-14-2/h5-7H,3-4H2,1-2H3,(H,10,11)(H,12,13). The molecule has 0 aliphatic rings. The Hall–Kier alpha value is -1.36. The van der Waals surface area contributed by atoms with Gasteiger partial charge >= 0.3 is 0 Å². The summed E-state index contributed by atoms with van der Waals surface area (Å²) in [5.41, 5.74) is 0.968. The van der Waals surface area contributed by atoms with E-state index in [2.05, 4.69) is 15.5 Å². The molecule has 5 heteroatoms. The number of nitrogens with one attached hydrogen (secondary N) is 2. The van der Waals surface area contributed by atoms with E-state index in [1.165, 1.54) is 0 Å². The second-order valence-electron chi connectivity index (χ2n) is 3.06. The van der Waals surface area contributed by atoms with E-state index >= 15 is 0 Å². The summed E-state index contributed by atoms with van der Waals surface area (Å²) in [5.74, 6) is -0.0134. The Morgan fingerprint density at radius 2 is 2.57 bits per heavy atom. The number of nitrogens with zero attached hydrogens (tertiary/aromatic N) is 1. The number of carbonyl (C=O) groups excluding carboxylic acids is 1. The summed E-state index contributed by atoms with van der Waals surface area (Å²) in [6.45, 7) is 2.36. The summed E-state index contributed by atoms with van der Waals surface area (Å²) in [4.78, 5) is 11.3. The summed E-state index contributed by atoms with van der Waals surface area (Å²) in [6, 6.07) is -0.0156. The highest BCUT2D eigenvalue weighted by Gasteiger charge is 2.09. The van der Waals surface area contributed by atoms with Crippen molar-refractivity contribution in [3.63, 3.8) is 0 Å². The highest BCUT2D eigenvalue weighted by molar-refractivity contribution is 5.76. The van der Waals surface area contributed by atoms with Crippen molar-refractivity contribution < 1.29 is 9.53 Å². The fraction of sp³-hybridized carbons (Fsp3) is 0.556. The van der Waals surface area contributed by atoms with E-state index in [0.29, 0.717) is 13.0 Å². The van der Waals surface area contributed by atoms with Crippen LogP contribution in [0.3, 0.4) is 0 Å². The third kappa shape index (κ3) is 3.18. The van der Waals surface area contributed by atoms with Gasteiger partial charge in [-0.05, 0) is 6.92 Å². The summed E-state index contributed by atoms with van der Waals surface area (Å²) in [5, 5.41) is 9.35. The van der Waals surface area contributed by atoms with E-state index < -0.39 is 0 Å². The zero-order valence-corrected chi connectivity index (χ0v) is 8.41. The maximum Gasteiger partial charge on any atom is 0.222 e. The van der Waals surface area contributed by atoms with E-state index in [1.807, 2.05) is 6.92 Å². The zero-order valence-electron chi connectivity index (χ0n) is 8.41. The van der Waals surface area contributed by atoms with Gasteiger partial charge < -0.3 is 10.1 Å². The molecule has 78 valence electrons. The Balaban J connectivity index is 2.33. The molecule has 0 fully saturated rings. The van der Waals surface area contributed by atoms with Crippen molar-refractivity contribution in [3.8, 4) is 0 Å². The molecule has 0 aliphatic carbocycles. The Bertz CT molecular complexity index is 272. The van der Waals surface area contributed by atoms with Crippen molar-refractivity contribution in [3.05, 3.63) is 18.0 Å². The lowest BCUT2D eigenvalue weighted by Gasteiger charge is -2.11. The van der Waals surface area contributed by atoms with Gasteiger partial charge in [-0.3, -0.25) is 9.89 Å². The molecule has 1 unspecified atom stereocenters. The second kappa shape index (κ2) is 5.39. The van der Waals surface area contributed by atoms with Crippen LogP contribution in [0.2, 0.25) is 0 Å². The van der Waals surface area contributed by atoms with Crippen molar-refractivity contribution in [1.82, 2.24) is 15.5 Å². The maximum atomic E-state index is 11.3. The van der Waals surface area contributed by atoms with Gasteiger partial charge in [-0.1, -0.05) is 0 Å². The number of methoxy groups -OCH3 is 1. The number of aromatic amines is 1. The third-order valence-corrected chi connectivity index (χ3v) is 1.93. The Morgan fingerprint density at radius 3 is 3.14 bits per heavy atom. The van der Waals surface area contributed by atoms with Crippen LogP contribution in [0.1, 0.15) is 24.9 Å². The minimum absolute atomic E-state index is 0.0134. The van der Waals surface area contributed by atoms with Crippen LogP contribution in [0.5, 0.6) is 0 Å². The van der Waals surface area contributed by atoms with Crippen LogP contribution in [-0.2, 0) is 9.53 Å². The zero-order chi connectivity index (χ0) is 10.4. The number of amides is 1. The van der Waals surface area contributed by atoms with Crippen LogP contribution < -0.4 is 5.32 Å². The molecule has 1 heterocycles. The molecule has 0 spiro atoms. The molecule has 0 aliphatic heterocycles.